The van der Waals surface area contributed by atoms with Crippen molar-refractivity contribution in [2.24, 2.45) is 5.73 Å². The van der Waals surface area contributed by atoms with Gasteiger partial charge in [0.25, 0.3) is 0 Å². The smallest absolute Gasteiger partial charge is 0.306 e. The molecule has 262 valence electrons. The Labute approximate surface area is 279 Å². The summed E-state index contributed by atoms with van der Waals surface area (Å²) in [6, 6.07) is 15.5. The maximum atomic E-state index is 13.8. The molecule has 0 spiro atoms. The van der Waals surface area contributed by atoms with Gasteiger partial charge >= 0.3 is 5.97 Å². The van der Waals surface area contributed by atoms with E-state index in [0.29, 0.717) is 13.0 Å². The Morgan fingerprint density at radius 1 is 1.06 bits per heavy atom. The average molecular weight is 671 g/mol. The van der Waals surface area contributed by atoms with Gasteiger partial charge in [-0.1, -0.05) is 60.7 Å². The Hall–Kier alpha value is -3.92. The summed E-state index contributed by atoms with van der Waals surface area (Å²) in [4.78, 5) is 53.1. The van der Waals surface area contributed by atoms with E-state index >= 15 is 0 Å². The Morgan fingerprint density at radius 3 is 2.21 bits per heavy atom. The highest BCUT2D eigenvalue weighted by Gasteiger charge is 2.47. The molecule has 2 aliphatic heterocycles. The van der Waals surface area contributed by atoms with Gasteiger partial charge in [-0.3, -0.25) is 19.2 Å². The van der Waals surface area contributed by atoms with E-state index < -0.39 is 85.2 Å². The minimum absolute atomic E-state index is 0.130. The van der Waals surface area contributed by atoms with Gasteiger partial charge in [0.2, 0.25) is 17.7 Å². The summed E-state index contributed by atoms with van der Waals surface area (Å²) in [7, 11) is 0. The van der Waals surface area contributed by atoms with E-state index in [9.17, 15) is 34.5 Å². The van der Waals surface area contributed by atoms with Crippen LogP contribution in [-0.4, -0.2) is 112 Å². The van der Waals surface area contributed by atoms with Gasteiger partial charge in [0.1, 0.15) is 30.4 Å². The monoisotopic (exact) mass is 670 g/mol. The standard InChI is InChI=1S/C34H46N4O10/c1-20(46-31-28(37-21(2)40)34(45)47-26(19-39)29(31)42)18-38(33(44)24-14-9-17-36-24)25(32(35)43)15-16-27(41)48-30(22-10-5-3-6-11-22)23-12-7-4-8-13-23/h3-8,10-13,20,24-26,28-31,34,36,39,42,45H,9,14-19H2,1-2H3,(H2,35,43)(H,37,40)/t20?,24-,25+,26+,28+,29+,31+,34-/m0/s1. The van der Waals surface area contributed by atoms with E-state index in [2.05, 4.69) is 10.6 Å². The highest BCUT2D eigenvalue weighted by atomic mass is 16.6. The zero-order valence-electron chi connectivity index (χ0n) is 27.1. The molecule has 7 N–H and O–H groups in total. The van der Waals surface area contributed by atoms with E-state index in [0.717, 1.165) is 17.5 Å². The summed E-state index contributed by atoms with van der Waals surface area (Å²) >= 11 is 0. The largest absolute Gasteiger partial charge is 0.453 e. The zero-order valence-corrected chi connectivity index (χ0v) is 27.1. The number of ether oxygens (including phenoxy) is 3. The second-order valence-corrected chi connectivity index (χ2v) is 12.2. The molecule has 2 aromatic rings. The predicted molar refractivity (Wildman–Crippen MR) is 172 cm³/mol. The van der Waals surface area contributed by atoms with Crippen molar-refractivity contribution in [2.45, 2.75) is 94.5 Å². The third-order valence-electron chi connectivity index (χ3n) is 8.51. The molecule has 2 aromatic carbocycles. The topological polar surface area (TPSA) is 210 Å². The van der Waals surface area contributed by atoms with E-state index in [-0.39, 0.29) is 19.4 Å². The van der Waals surface area contributed by atoms with Crippen LogP contribution in [0, 0.1) is 0 Å². The average Bonchev–Trinajstić information content (AvgIpc) is 3.62. The number of nitrogens with zero attached hydrogens (tertiary/aromatic N) is 1. The van der Waals surface area contributed by atoms with E-state index in [1.807, 2.05) is 60.7 Å². The van der Waals surface area contributed by atoms with Crippen molar-refractivity contribution in [2.75, 3.05) is 19.7 Å². The van der Waals surface area contributed by atoms with Crippen LogP contribution in [0.1, 0.15) is 56.8 Å². The highest BCUT2D eigenvalue weighted by Crippen LogP contribution is 2.28. The number of carbonyl (C=O) groups is 4. The number of hydrogen-bond donors (Lipinski definition) is 6. The molecule has 2 heterocycles. The number of hydrogen-bond acceptors (Lipinski definition) is 11. The third-order valence-corrected chi connectivity index (χ3v) is 8.51. The second kappa shape index (κ2) is 17.5. The summed E-state index contributed by atoms with van der Waals surface area (Å²) in [5.41, 5.74) is 7.37. The normalized spacial score (nSPS) is 25.2. The van der Waals surface area contributed by atoms with Gasteiger partial charge in [0.15, 0.2) is 12.4 Å². The highest BCUT2D eigenvalue weighted by molar-refractivity contribution is 5.89. The fourth-order valence-corrected chi connectivity index (χ4v) is 6.17. The summed E-state index contributed by atoms with van der Waals surface area (Å²) in [6.07, 6.45) is -6.17. The van der Waals surface area contributed by atoms with Crippen LogP contribution in [-0.2, 0) is 33.4 Å². The first kappa shape index (κ1) is 36.9. The van der Waals surface area contributed by atoms with Crippen LogP contribution in [0.3, 0.4) is 0 Å². The van der Waals surface area contributed by atoms with Crippen LogP contribution in [0.5, 0.6) is 0 Å². The molecule has 0 radical (unpaired) electrons. The Morgan fingerprint density at radius 2 is 1.69 bits per heavy atom. The van der Waals surface area contributed by atoms with Gasteiger partial charge in [-0.15, -0.1) is 0 Å². The molecular weight excluding hydrogens is 624 g/mol. The van der Waals surface area contributed by atoms with Crippen molar-refractivity contribution in [3.05, 3.63) is 71.8 Å². The molecule has 14 heteroatoms. The molecule has 1 unspecified atom stereocenters. The molecular formula is C34H46N4O10. The Kier molecular flexibility index (Phi) is 13.4. The van der Waals surface area contributed by atoms with Gasteiger partial charge in [-0.25, -0.2) is 0 Å². The SMILES string of the molecule is CC(=O)N[C@@H]1[C@@H](OC(C)CN(C(=O)[C@@H]2CCCN2)[C@H](CCC(=O)OC(c2ccccc2)c2ccccc2)C(N)=O)[C@H](O)[C@@H](CO)O[C@@H]1O. The molecule has 0 aliphatic carbocycles. The molecule has 14 nitrogen and oxygen atoms in total. The number of carbonyl (C=O) groups excluding carboxylic acids is 4. The molecule has 0 saturated carbocycles. The minimum Gasteiger partial charge on any atom is -0.453 e. The van der Waals surface area contributed by atoms with E-state index in [1.54, 1.807) is 6.92 Å². The lowest BCUT2D eigenvalue weighted by Gasteiger charge is -2.44. The predicted octanol–water partition coefficient (Wildman–Crippen LogP) is -0.117. The maximum absolute atomic E-state index is 13.8. The molecule has 2 aliphatic rings. The molecule has 3 amide bonds. The number of aliphatic hydroxyl groups is 3. The summed E-state index contributed by atoms with van der Waals surface area (Å²) in [5, 5.41) is 36.7. The number of amides is 3. The van der Waals surface area contributed by atoms with Crippen LogP contribution < -0.4 is 16.4 Å². The zero-order chi connectivity index (χ0) is 34.8. The van der Waals surface area contributed by atoms with Gasteiger partial charge in [-0.2, -0.15) is 0 Å². The van der Waals surface area contributed by atoms with Crippen LogP contribution in [0.15, 0.2) is 60.7 Å². The lowest BCUT2D eigenvalue weighted by Crippen LogP contribution is -2.65. The van der Waals surface area contributed by atoms with Crippen molar-refractivity contribution in [3.63, 3.8) is 0 Å². The quantitative estimate of drug-likeness (QED) is 0.138. The van der Waals surface area contributed by atoms with Crippen molar-refractivity contribution < 1.29 is 48.7 Å². The van der Waals surface area contributed by atoms with Crippen molar-refractivity contribution in [1.29, 1.82) is 0 Å². The first-order valence-corrected chi connectivity index (χ1v) is 16.2. The van der Waals surface area contributed by atoms with Crippen LogP contribution in [0.25, 0.3) is 0 Å². The number of rotatable bonds is 15. The van der Waals surface area contributed by atoms with Crippen LogP contribution in [0.4, 0.5) is 0 Å². The first-order valence-electron chi connectivity index (χ1n) is 16.2. The fraction of sp³-hybridized carbons (Fsp3) is 0.529. The summed E-state index contributed by atoms with van der Waals surface area (Å²) in [5.74, 6) is -2.36. The van der Waals surface area contributed by atoms with E-state index in [1.165, 1.54) is 11.8 Å². The number of benzene rings is 2. The van der Waals surface area contributed by atoms with Crippen LogP contribution in [0.2, 0.25) is 0 Å². The molecule has 0 aromatic heterocycles. The first-order chi connectivity index (χ1) is 23.0. The third kappa shape index (κ3) is 9.58. The number of primary amides is 1. The van der Waals surface area contributed by atoms with Crippen molar-refractivity contribution in [3.8, 4) is 0 Å². The maximum Gasteiger partial charge on any atom is 0.306 e. The lowest BCUT2D eigenvalue weighted by atomic mass is 9.96. The van der Waals surface area contributed by atoms with Gasteiger partial charge in [-0.05, 0) is 43.9 Å². The lowest BCUT2D eigenvalue weighted by molar-refractivity contribution is -0.268. The van der Waals surface area contributed by atoms with Crippen molar-refractivity contribution >= 4 is 23.7 Å². The molecule has 0 bridgehead atoms. The van der Waals surface area contributed by atoms with Crippen LogP contribution >= 0.6 is 0 Å². The molecule has 2 saturated heterocycles. The Bertz CT molecular complexity index is 1320. The van der Waals surface area contributed by atoms with Gasteiger partial charge in [0, 0.05) is 19.9 Å². The number of nitrogens with one attached hydrogen (secondary N) is 2. The van der Waals surface area contributed by atoms with Crippen molar-refractivity contribution in [1.82, 2.24) is 15.5 Å². The summed E-state index contributed by atoms with van der Waals surface area (Å²) < 4.78 is 17.3. The fourth-order valence-electron chi connectivity index (χ4n) is 6.17. The van der Waals surface area contributed by atoms with Gasteiger partial charge in [0.05, 0.1) is 18.8 Å². The molecule has 48 heavy (non-hydrogen) atoms. The second-order valence-electron chi connectivity index (χ2n) is 12.2. The molecule has 2 fully saturated rings. The summed E-state index contributed by atoms with van der Waals surface area (Å²) in [6.45, 7) is 2.60. The number of nitrogens with two attached hydrogens (primary N) is 1. The van der Waals surface area contributed by atoms with E-state index in [4.69, 9.17) is 19.9 Å². The Balaban J connectivity index is 1.52. The number of esters is 1. The molecule has 8 atom stereocenters. The molecule has 4 rings (SSSR count). The number of aliphatic hydroxyl groups excluding tert-OH is 3. The minimum atomic E-state index is -1.60. The van der Waals surface area contributed by atoms with Gasteiger partial charge < -0.3 is 50.8 Å².